The van der Waals surface area contributed by atoms with Crippen LogP contribution < -0.4 is 31.7 Å². The largest absolute Gasteiger partial charge is 0.417 e. The Balaban J connectivity index is 1.36. The molecule has 4 aromatic carbocycles. The Bertz CT molecular complexity index is 1870. The number of anilines is 2. The maximum Gasteiger partial charge on any atom is 0.262 e. The number of ether oxygens (including phenoxy) is 1. The van der Waals surface area contributed by atoms with Gasteiger partial charge in [0.25, 0.3) is 17.2 Å². The van der Waals surface area contributed by atoms with Crippen molar-refractivity contribution in [3.8, 4) is 17.5 Å². The number of hydrazone groups is 1. The van der Waals surface area contributed by atoms with Crippen molar-refractivity contribution >= 4 is 46.6 Å². The van der Waals surface area contributed by atoms with Crippen molar-refractivity contribution in [1.29, 1.82) is 5.26 Å². The molecule has 0 saturated carbocycles. The fourth-order valence-electron chi connectivity index (χ4n) is 5.66. The first-order chi connectivity index (χ1) is 22.8. The number of nitrogens with zero attached hydrogens (tertiary/aromatic N) is 5. The van der Waals surface area contributed by atoms with Gasteiger partial charge in [0.05, 0.1) is 13.2 Å². The van der Waals surface area contributed by atoms with Gasteiger partial charge in [-0.05, 0) is 48.5 Å². The SMILES string of the molecule is N#Cc1nc(-c2ccccc2)oc1N/N=C/c1nc([P+](c2ccccc2)(c2ccccc2)c2ccccc2)c(N2CCOCC2)o1. The van der Waals surface area contributed by atoms with Crippen LogP contribution in [-0.2, 0) is 4.74 Å². The number of benzene rings is 4. The van der Waals surface area contributed by atoms with Gasteiger partial charge in [-0.15, -0.1) is 0 Å². The Morgan fingerprint density at radius 2 is 1.28 bits per heavy atom. The summed E-state index contributed by atoms with van der Waals surface area (Å²) >= 11 is 0. The third-order valence-corrected chi connectivity index (χ3v) is 11.9. The van der Waals surface area contributed by atoms with Crippen LogP contribution in [0.1, 0.15) is 11.6 Å². The summed E-state index contributed by atoms with van der Waals surface area (Å²) in [6.45, 7) is 2.51. The topological polar surface area (TPSA) is 113 Å². The zero-order valence-corrected chi connectivity index (χ0v) is 25.8. The van der Waals surface area contributed by atoms with E-state index < -0.39 is 7.26 Å². The molecule has 1 aliphatic heterocycles. The predicted molar refractivity (Wildman–Crippen MR) is 182 cm³/mol. The molecule has 1 saturated heterocycles. The van der Waals surface area contributed by atoms with Crippen molar-refractivity contribution in [3.63, 3.8) is 0 Å². The molecule has 0 aliphatic carbocycles. The van der Waals surface area contributed by atoms with Crippen molar-refractivity contribution in [1.82, 2.24) is 9.97 Å². The summed E-state index contributed by atoms with van der Waals surface area (Å²) in [7, 11) is -2.56. The molecule has 0 bridgehead atoms. The number of aromatic nitrogens is 2. The molecule has 46 heavy (non-hydrogen) atoms. The van der Waals surface area contributed by atoms with Crippen LogP contribution in [-0.4, -0.2) is 42.5 Å². The Kier molecular flexibility index (Phi) is 8.38. The van der Waals surface area contributed by atoms with E-state index in [1.54, 1.807) is 0 Å². The third-order valence-electron chi connectivity index (χ3n) is 7.75. The van der Waals surface area contributed by atoms with E-state index in [2.05, 4.69) is 99.3 Å². The summed E-state index contributed by atoms with van der Waals surface area (Å²) in [4.78, 5) is 11.7. The van der Waals surface area contributed by atoms with E-state index in [4.69, 9.17) is 18.6 Å². The highest BCUT2D eigenvalue weighted by molar-refractivity contribution is 8.01. The molecule has 0 radical (unpaired) electrons. The molecule has 7 rings (SSSR count). The highest BCUT2D eigenvalue weighted by Gasteiger charge is 2.53. The van der Waals surface area contributed by atoms with Gasteiger partial charge < -0.3 is 18.5 Å². The summed E-state index contributed by atoms with van der Waals surface area (Å²) < 4.78 is 18.1. The maximum absolute atomic E-state index is 9.69. The number of hydrogen-bond donors (Lipinski definition) is 1. The second kappa shape index (κ2) is 13.2. The van der Waals surface area contributed by atoms with Gasteiger partial charge in [-0.25, -0.2) is 5.43 Å². The summed E-state index contributed by atoms with van der Waals surface area (Å²) in [5, 5.41) is 17.5. The molecule has 0 amide bonds. The van der Waals surface area contributed by atoms with Gasteiger partial charge in [-0.1, -0.05) is 72.8 Å². The van der Waals surface area contributed by atoms with E-state index >= 15 is 0 Å². The van der Waals surface area contributed by atoms with E-state index in [0.717, 1.165) is 26.9 Å². The van der Waals surface area contributed by atoms with Gasteiger partial charge in [-0.2, -0.15) is 20.3 Å². The molecule has 1 N–H and O–H groups in total. The van der Waals surface area contributed by atoms with E-state index in [1.165, 1.54) is 6.21 Å². The zero-order chi connectivity index (χ0) is 31.2. The lowest BCUT2D eigenvalue weighted by molar-refractivity contribution is 0.121. The second-order valence-corrected chi connectivity index (χ2v) is 13.8. The van der Waals surface area contributed by atoms with Crippen molar-refractivity contribution in [2.24, 2.45) is 5.10 Å². The quantitative estimate of drug-likeness (QED) is 0.134. The molecular weight excluding hydrogens is 595 g/mol. The van der Waals surface area contributed by atoms with Crippen molar-refractivity contribution < 1.29 is 13.6 Å². The number of nitriles is 1. The fourth-order valence-corrected chi connectivity index (χ4v) is 9.87. The normalized spacial score (nSPS) is 13.5. The van der Waals surface area contributed by atoms with Crippen molar-refractivity contribution in [2.45, 2.75) is 0 Å². The molecule has 1 fully saturated rings. The average Bonchev–Trinajstić information content (AvgIpc) is 3.76. The van der Waals surface area contributed by atoms with E-state index in [-0.39, 0.29) is 11.6 Å². The minimum Gasteiger partial charge on any atom is -0.417 e. The monoisotopic (exact) mass is 625 g/mol. The smallest absolute Gasteiger partial charge is 0.262 e. The van der Waals surface area contributed by atoms with Crippen molar-refractivity contribution in [3.05, 3.63) is 133 Å². The highest BCUT2D eigenvalue weighted by Crippen LogP contribution is 2.56. The van der Waals surface area contributed by atoms with Gasteiger partial charge in [0, 0.05) is 18.7 Å². The minimum absolute atomic E-state index is 0.0975. The molecule has 0 unspecified atom stereocenters. The van der Waals surface area contributed by atoms with Crippen LogP contribution in [0.4, 0.5) is 11.8 Å². The molecule has 226 valence electrons. The molecule has 0 spiro atoms. The first kappa shape index (κ1) is 29.2. The molecule has 10 heteroatoms. The second-order valence-electron chi connectivity index (χ2n) is 10.5. The molecule has 1 aliphatic rings. The lowest BCUT2D eigenvalue weighted by Crippen LogP contribution is -2.44. The molecule has 0 atom stereocenters. The Labute approximate surface area is 267 Å². The van der Waals surface area contributed by atoms with Gasteiger partial charge >= 0.3 is 0 Å². The highest BCUT2D eigenvalue weighted by atomic mass is 31.2. The van der Waals surface area contributed by atoms with Crippen LogP contribution >= 0.6 is 7.26 Å². The zero-order valence-electron chi connectivity index (χ0n) is 24.9. The summed E-state index contributed by atoms with van der Waals surface area (Å²) in [6.07, 6.45) is 1.51. The molecular formula is C36H30N6O3P+. The maximum atomic E-state index is 9.69. The summed E-state index contributed by atoms with van der Waals surface area (Å²) in [6, 6.07) is 43.1. The van der Waals surface area contributed by atoms with Crippen LogP contribution in [0.5, 0.6) is 0 Å². The Morgan fingerprint density at radius 1 is 0.739 bits per heavy atom. The van der Waals surface area contributed by atoms with Crippen molar-refractivity contribution in [2.75, 3.05) is 36.6 Å². The number of morpholine rings is 1. The lowest BCUT2D eigenvalue weighted by Gasteiger charge is -2.30. The first-order valence-corrected chi connectivity index (χ1v) is 16.7. The minimum atomic E-state index is -2.56. The molecule has 2 aromatic heterocycles. The molecule has 6 aromatic rings. The Morgan fingerprint density at radius 3 is 1.83 bits per heavy atom. The standard InChI is InChI=1S/C36H30N6O3P/c37-25-31-34(45-33(39-31)27-13-5-1-6-14-27)41-38-26-32-40-35(36(44-32)42-21-23-43-24-22-42)46(28-15-7-2-8-16-28,29-17-9-3-10-18-29)30-19-11-4-12-20-30/h1-20,26,41H,21-24H2/q+1/b38-26+. The van der Waals surface area contributed by atoms with Gasteiger partial charge in [0.2, 0.25) is 17.5 Å². The summed E-state index contributed by atoms with van der Waals surface area (Å²) in [5.74, 6) is 1.47. The third kappa shape index (κ3) is 5.56. The van der Waals surface area contributed by atoms with Gasteiger partial charge in [0.15, 0.2) is 7.26 Å². The predicted octanol–water partition coefficient (Wildman–Crippen LogP) is 5.10. The summed E-state index contributed by atoms with van der Waals surface area (Å²) in [5.41, 5.74) is 4.54. The van der Waals surface area contributed by atoms with Gasteiger partial charge in [-0.3, -0.25) is 0 Å². The van der Waals surface area contributed by atoms with Crippen LogP contribution in [0.2, 0.25) is 0 Å². The first-order valence-electron chi connectivity index (χ1n) is 14.9. The number of nitrogens with one attached hydrogen (secondary N) is 1. The molecule has 9 nitrogen and oxygen atoms in total. The molecule has 3 heterocycles. The van der Waals surface area contributed by atoms with E-state index in [1.807, 2.05) is 48.5 Å². The fraction of sp³-hybridized carbons (Fsp3) is 0.111. The van der Waals surface area contributed by atoms with Crippen LogP contribution in [0.15, 0.2) is 135 Å². The number of oxazole rings is 2. The van der Waals surface area contributed by atoms with E-state index in [9.17, 15) is 5.26 Å². The number of rotatable bonds is 9. The van der Waals surface area contributed by atoms with Gasteiger partial charge in [0.1, 0.15) is 28.2 Å². The average molecular weight is 626 g/mol. The lowest BCUT2D eigenvalue weighted by atomic mass is 10.2. The van der Waals surface area contributed by atoms with Crippen LogP contribution in [0.3, 0.4) is 0 Å². The Hall–Kier alpha value is -5.55. The number of hydrogen-bond acceptors (Lipinski definition) is 9. The van der Waals surface area contributed by atoms with Crippen LogP contribution in [0.25, 0.3) is 11.5 Å². The van der Waals surface area contributed by atoms with Crippen LogP contribution in [0, 0.1) is 11.3 Å². The van der Waals surface area contributed by atoms with E-state index in [0.29, 0.717) is 44.0 Å².